The predicted octanol–water partition coefficient (Wildman–Crippen LogP) is 6.02. The number of amides is 1. The first-order chi connectivity index (χ1) is 15.9. The van der Waals surface area contributed by atoms with Crippen LogP contribution >= 0.6 is 0 Å². The highest BCUT2D eigenvalue weighted by Gasteiger charge is 2.39. The van der Waals surface area contributed by atoms with Crippen molar-refractivity contribution in [1.29, 1.82) is 0 Å². The summed E-state index contributed by atoms with van der Waals surface area (Å²) >= 11 is 0. The fraction of sp³-hybridized carbons (Fsp3) is 0.240. The molecule has 0 aromatic heterocycles. The van der Waals surface area contributed by atoms with Gasteiger partial charge in [0.15, 0.2) is 0 Å². The van der Waals surface area contributed by atoms with Crippen molar-refractivity contribution in [3.05, 3.63) is 83.4 Å². The second-order valence-electron chi connectivity index (χ2n) is 8.14. The molecular formula is C25H25F3N2O3S. The van der Waals surface area contributed by atoms with Gasteiger partial charge in [-0.1, -0.05) is 55.8 Å². The molecule has 180 valence electrons. The van der Waals surface area contributed by atoms with Crippen LogP contribution in [-0.4, -0.2) is 20.9 Å². The zero-order valence-corrected chi connectivity index (χ0v) is 19.7. The number of para-hydroxylation sites is 1. The maximum absolute atomic E-state index is 13.8. The molecule has 0 radical (unpaired) electrons. The third-order valence-corrected chi connectivity index (χ3v) is 7.09. The van der Waals surface area contributed by atoms with Gasteiger partial charge in [-0.2, -0.15) is 13.2 Å². The number of alkyl halides is 3. The van der Waals surface area contributed by atoms with E-state index < -0.39 is 38.9 Å². The molecule has 0 fully saturated rings. The molecule has 0 unspecified atom stereocenters. The minimum atomic E-state index is -4.91. The predicted molar refractivity (Wildman–Crippen MR) is 126 cm³/mol. The zero-order valence-electron chi connectivity index (χ0n) is 18.9. The van der Waals surface area contributed by atoms with Gasteiger partial charge in [0, 0.05) is 5.69 Å². The van der Waals surface area contributed by atoms with Crippen molar-refractivity contribution in [2.45, 2.75) is 42.7 Å². The Morgan fingerprint density at radius 1 is 0.912 bits per heavy atom. The molecule has 0 saturated carbocycles. The van der Waals surface area contributed by atoms with Crippen molar-refractivity contribution in [3.63, 3.8) is 0 Å². The van der Waals surface area contributed by atoms with E-state index in [4.69, 9.17) is 0 Å². The number of hydrogen-bond donors (Lipinski definition) is 2. The van der Waals surface area contributed by atoms with Crippen molar-refractivity contribution in [2.24, 2.45) is 0 Å². The molecule has 5 nitrogen and oxygen atoms in total. The summed E-state index contributed by atoms with van der Waals surface area (Å²) in [4.78, 5) is 11.4. The van der Waals surface area contributed by atoms with E-state index in [1.165, 1.54) is 30.3 Å². The Hall–Kier alpha value is -3.33. The van der Waals surface area contributed by atoms with Gasteiger partial charge in [0.2, 0.25) is 15.7 Å². The average molecular weight is 491 g/mol. The normalized spacial score (nSPS) is 12.0. The average Bonchev–Trinajstić information content (AvgIpc) is 2.77. The molecular weight excluding hydrogens is 465 g/mol. The molecule has 0 bridgehead atoms. The number of anilines is 2. The summed E-state index contributed by atoms with van der Waals surface area (Å²) in [5.41, 5.74) is 0.643. The molecule has 3 rings (SSSR count). The lowest BCUT2D eigenvalue weighted by Gasteiger charge is -2.19. The van der Waals surface area contributed by atoms with Crippen LogP contribution in [0.3, 0.4) is 0 Å². The van der Waals surface area contributed by atoms with Gasteiger partial charge in [-0.3, -0.25) is 4.79 Å². The highest BCUT2D eigenvalue weighted by atomic mass is 32.2. The molecule has 2 N–H and O–H groups in total. The van der Waals surface area contributed by atoms with Crippen LogP contribution in [0.2, 0.25) is 0 Å². The Kier molecular flexibility index (Phi) is 7.35. The second kappa shape index (κ2) is 9.89. The number of carbonyl (C=O) groups is 1. The summed E-state index contributed by atoms with van der Waals surface area (Å²) in [6.07, 6.45) is -4.91. The molecule has 0 saturated heterocycles. The number of nitrogens with one attached hydrogen (secondary N) is 2. The summed E-state index contributed by atoms with van der Waals surface area (Å²) in [6.45, 7) is 5.25. The Bertz CT molecular complexity index is 1290. The summed E-state index contributed by atoms with van der Waals surface area (Å²) in [6, 6.07) is 15.8. The number of aryl methyl sites for hydroxylation is 1. The minimum Gasteiger partial charge on any atom is -0.375 e. The van der Waals surface area contributed by atoms with Crippen molar-refractivity contribution in [1.82, 2.24) is 0 Å². The van der Waals surface area contributed by atoms with Crippen molar-refractivity contribution >= 4 is 27.1 Å². The lowest BCUT2D eigenvalue weighted by molar-refractivity contribution is -0.139. The minimum absolute atomic E-state index is 0.138. The lowest BCUT2D eigenvalue weighted by atomic mass is 10.0. The Labute approximate surface area is 196 Å². The quantitative estimate of drug-likeness (QED) is 0.425. The summed E-state index contributed by atoms with van der Waals surface area (Å²) in [5, 5.41) is 5.32. The van der Waals surface area contributed by atoms with Crippen LogP contribution < -0.4 is 10.6 Å². The molecule has 0 aliphatic heterocycles. The Morgan fingerprint density at radius 3 is 2.15 bits per heavy atom. The van der Waals surface area contributed by atoms with Gasteiger partial charge < -0.3 is 10.6 Å². The van der Waals surface area contributed by atoms with Crippen LogP contribution in [0.1, 0.15) is 36.5 Å². The van der Waals surface area contributed by atoms with Crippen molar-refractivity contribution < 1.29 is 26.4 Å². The molecule has 0 heterocycles. The van der Waals surface area contributed by atoms with Gasteiger partial charge in [0.1, 0.15) is 4.90 Å². The van der Waals surface area contributed by atoms with Crippen LogP contribution in [0.5, 0.6) is 0 Å². The molecule has 34 heavy (non-hydrogen) atoms. The highest BCUT2D eigenvalue weighted by Crippen LogP contribution is 2.40. The maximum atomic E-state index is 13.8. The first-order valence-corrected chi connectivity index (χ1v) is 12.0. The van der Waals surface area contributed by atoms with Gasteiger partial charge in [-0.05, 0) is 48.7 Å². The number of hydrogen-bond acceptors (Lipinski definition) is 4. The highest BCUT2D eigenvalue weighted by molar-refractivity contribution is 7.91. The SMILES string of the molecule is Cc1ccc(S(=O)(=O)c2c(NCC(=O)Nc3ccccc3C(C)C)cccc2C(F)(F)F)cc1. The maximum Gasteiger partial charge on any atom is 0.417 e. The smallest absolute Gasteiger partial charge is 0.375 e. The van der Waals surface area contributed by atoms with E-state index in [2.05, 4.69) is 10.6 Å². The standard InChI is InChI=1S/C25H25F3N2O3S/c1-16(2)19-7-4-5-9-21(19)30-23(31)15-29-22-10-6-8-20(25(26,27)28)24(22)34(32,33)18-13-11-17(3)12-14-18/h4-14,16,29H,15H2,1-3H3,(H,30,31). The molecule has 0 atom stereocenters. The lowest BCUT2D eigenvalue weighted by Crippen LogP contribution is -2.24. The van der Waals surface area contributed by atoms with Gasteiger partial charge in [0.05, 0.1) is 22.7 Å². The van der Waals surface area contributed by atoms with E-state index in [1.54, 1.807) is 19.1 Å². The number of rotatable bonds is 7. The van der Waals surface area contributed by atoms with Crippen LogP contribution in [0.25, 0.3) is 0 Å². The van der Waals surface area contributed by atoms with Crippen molar-refractivity contribution in [2.75, 3.05) is 17.2 Å². The second-order valence-corrected chi connectivity index (χ2v) is 10.0. The number of benzene rings is 3. The van der Waals surface area contributed by atoms with Crippen LogP contribution in [0.15, 0.2) is 76.5 Å². The first kappa shape index (κ1) is 25.3. The Balaban J connectivity index is 1.95. The van der Waals surface area contributed by atoms with E-state index in [0.29, 0.717) is 11.8 Å². The molecule has 0 spiro atoms. The van der Waals surface area contributed by atoms with E-state index in [-0.39, 0.29) is 16.5 Å². The molecule has 0 aliphatic rings. The fourth-order valence-electron chi connectivity index (χ4n) is 3.51. The third kappa shape index (κ3) is 5.59. The van der Waals surface area contributed by atoms with Gasteiger partial charge in [0.25, 0.3) is 0 Å². The zero-order chi connectivity index (χ0) is 25.1. The first-order valence-electron chi connectivity index (χ1n) is 10.6. The summed E-state index contributed by atoms with van der Waals surface area (Å²) in [5.74, 6) is -0.386. The number of carbonyl (C=O) groups excluding carboxylic acids is 1. The largest absolute Gasteiger partial charge is 0.417 e. The van der Waals surface area contributed by atoms with E-state index in [0.717, 1.165) is 17.2 Å². The Morgan fingerprint density at radius 2 is 1.53 bits per heavy atom. The van der Waals surface area contributed by atoms with Gasteiger partial charge >= 0.3 is 6.18 Å². The molecule has 0 aliphatic carbocycles. The molecule has 1 amide bonds. The van der Waals surface area contributed by atoms with Crippen LogP contribution in [0.4, 0.5) is 24.5 Å². The molecule has 3 aromatic rings. The number of sulfone groups is 1. The van der Waals surface area contributed by atoms with Gasteiger partial charge in [-0.15, -0.1) is 0 Å². The molecule has 3 aromatic carbocycles. The summed E-state index contributed by atoms with van der Waals surface area (Å²) in [7, 11) is -4.54. The topological polar surface area (TPSA) is 75.3 Å². The molecule has 9 heteroatoms. The van der Waals surface area contributed by atoms with E-state index in [9.17, 15) is 26.4 Å². The van der Waals surface area contributed by atoms with Crippen LogP contribution in [0, 0.1) is 6.92 Å². The number of halogens is 3. The summed E-state index contributed by atoms with van der Waals surface area (Å²) < 4.78 is 67.8. The third-order valence-electron chi connectivity index (χ3n) is 5.22. The van der Waals surface area contributed by atoms with E-state index in [1.807, 2.05) is 26.0 Å². The van der Waals surface area contributed by atoms with E-state index >= 15 is 0 Å². The van der Waals surface area contributed by atoms with Gasteiger partial charge in [-0.25, -0.2) is 8.42 Å². The fourth-order valence-corrected chi connectivity index (χ4v) is 5.14. The van der Waals surface area contributed by atoms with Crippen LogP contribution in [-0.2, 0) is 20.8 Å². The monoisotopic (exact) mass is 490 g/mol. The van der Waals surface area contributed by atoms with Crippen molar-refractivity contribution in [3.8, 4) is 0 Å².